The molecule has 0 radical (unpaired) electrons. The molecule has 12 heteroatoms. The summed E-state index contributed by atoms with van der Waals surface area (Å²) in [4.78, 5) is 23.6. The molecule has 0 aliphatic heterocycles. The molecule has 1 N–H and O–H groups in total. The lowest BCUT2D eigenvalue weighted by molar-refractivity contribution is -0.384. The largest absolute Gasteiger partial charge is 0.269 e. The Bertz CT molecular complexity index is 1440. The number of H-pyrrole nitrogens is 1. The highest BCUT2D eigenvalue weighted by Gasteiger charge is 2.15. The summed E-state index contributed by atoms with van der Waals surface area (Å²) in [6.07, 6.45) is 4.79. The van der Waals surface area contributed by atoms with Gasteiger partial charge in [0.05, 0.1) is 10.6 Å². The van der Waals surface area contributed by atoms with Gasteiger partial charge in [-0.05, 0) is 24.3 Å². The van der Waals surface area contributed by atoms with Crippen LogP contribution in [0.2, 0.25) is 0 Å². The number of nitrogens with zero attached hydrogens (tertiary/aromatic N) is 7. The van der Waals surface area contributed by atoms with Gasteiger partial charge in [0.15, 0.2) is 0 Å². The predicted molar refractivity (Wildman–Crippen MR) is 128 cm³/mol. The van der Waals surface area contributed by atoms with E-state index in [2.05, 4.69) is 36.1 Å². The molecule has 0 aliphatic carbocycles. The van der Waals surface area contributed by atoms with Gasteiger partial charge in [-0.2, -0.15) is 15.2 Å². The number of rotatable bonds is 6. The second-order valence-electron chi connectivity index (χ2n) is 6.77. The fraction of sp³-hybridized carbons (Fsp3) is 0. The first-order valence-electron chi connectivity index (χ1n) is 9.52. The molecule has 2 aromatic carbocycles. The number of aliphatic imine (C=N–C) groups is 1. The van der Waals surface area contributed by atoms with Crippen LogP contribution >= 0.6 is 27.3 Å². The number of hydrogen-bond acceptors (Lipinski definition) is 8. The number of nitro groups is 1. The topological polar surface area (TPSA) is 128 Å². The smallest absolute Gasteiger partial charge is 0.258 e. The first kappa shape index (κ1) is 20.8. The molecule has 0 saturated heterocycles. The Kier molecular flexibility index (Phi) is 5.59. The molecule has 5 aromatic rings. The summed E-state index contributed by atoms with van der Waals surface area (Å²) in [6, 6.07) is 14.1. The zero-order valence-electron chi connectivity index (χ0n) is 16.7. The second-order valence-corrected chi connectivity index (χ2v) is 8.52. The van der Waals surface area contributed by atoms with Crippen LogP contribution in [0.1, 0.15) is 5.56 Å². The lowest BCUT2D eigenvalue weighted by atomic mass is 10.1. The van der Waals surface area contributed by atoms with E-state index in [1.54, 1.807) is 29.2 Å². The summed E-state index contributed by atoms with van der Waals surface area (Å²) < 4.78 is 2.67. The Morgan fingerprint density at radius 1 is 1.12 bits per heavy atom. The molecule has 0 saturated carbocycles. The van der Waals surface area contributed by atoms with Gasteiger partial charge < -0.3 is 0 Å². The minimum Gasteiger partial charge on any atom is -0.258 e. The van der Waals surface area contributed by atoms with Crippen LogP contribution in [-0.2, 0) is 0 Å². The van der Waals surface area contributed by atoms with E-state index >= 15 is 0 Å². The number of non-ortho nitro benzene ring substituents is 1. The average molecular weight is 521 g/mol. The molecule has 33 heavy (non-hydrogen) atoms. The normalized spacial score (nSPS) is 11.3. The van der Waals surface area contributed by atoms with Crippen molar-refractivity contribution in [1.29, 1.82) is 0 Å². The number of benzene rings is 2. The van der Waals surface area contributed by atoms with Gasteiger partial charge in [0.2, 0.25) is 11.1 Å². The van der Waals surface area contributed by atoms with E-state index in [0.717, 1.165) is 15.7 Å². The molecule has 0 spiro atoms. The lowest BCUT2D eigenvalue weighted by Crippen LogP contribution is -1.94. The van der Waals surface area contributed by atoms with E-state index in [4.69, 9.17) is 10.1 Å². The fourth-order valence-electron chi connectivity index (χ4n) is 3.06. The van der Waals surface area contributed by atoms with Crippen LogP contribution in [0.3, 0.4) is 0 Å². The molecule has 0 unspecified atom stereocenters. The summed E-state index contributed by atoms with van der Waals surface area (Å²) in [5, 5.41) is 24.8. The summed E-state index contributed by atoms with van der Waals surface area (Å²) in [5.74, 6) is 0.351. The van der Waals surface area contributed by atoms with Gasteiger partial charge in [0, 0.05) is 51.1 Å². The van der Waals surface area contributed by atoms with Gasteiger partial charge in [0.1, 0.15) is 12.0 Å². The molecular formula is C21H13BrN8O2S. The number of halogens is 1. The monoisotopic (exact) mass is 520 g/mol. The first-order valence-corrected chi connectivity index (χ1v) is 11.2. The highest BCUT2D eigenvalue weighted by atomic mass is 79.9. The molecule has 0 bridgehead atoms. The Balaban J connectivity index is 1.54. The molecule has 3 aromatic heterocycles. The Labute approximate surface area is 199 Å². The van der Waals surface area contributed by atoms with Crippen LogP contribution < -0.4 is 0 Å². The van der Waals surface area contributed by atoms with Crippen LogP contribution in [0.25, 0.3) is 27.6 Å². The van der Waals surface area contributed by atoms with Crippen molar-refractivity contribution >= 4 is 45.1 Å². The number of hydrogen-bond donors (Lipinski definition) is 1. The quantitative estimate of drug-likeness (QED) is 0.186. The van der Waals surface area contributed by atoms with Gasteiger partial charge in [-0.1, -0.05) is 28.1 Å². The number of nitrogens with one attached hydrogen (secondary N) is 1. The standard InChI is InChI=1S/C21H13BrN8O2S/c22-16-5-1-13(2-6-16)18-11-33-21(26-18)29-10-15(9-23-20-24-12-25-27-20)19(28-29)14-3-7-17(8-4-14)30(31)32/h1-12H,(H,24,25,27). The second kappa shape index (κ2) is 8.84. The molecule has 3 heterocycles. The van der Waals surface area contributed by atoms with Crippen LogP contribution in [0.5, 0.6) is 0 Å². The van der Waals surface area contributed by atoms with Crippen LogP contribution in [0.15, 0.2) is 75.9 Å². The van der Waals surface area contributed by atoms with Crippen molar-refractivity contribution in [1.82, 2.24) is 29.9 Å². The summed E-state index contributed by atoms with van der Waals surface area (Å²) in [5.41, 5.74) is 3.86. The highest BCUT2D eigenvalue weighted by Crippen LogP contribution is 2.28. The third-order valence-electron chi connectivity index (χ3n) is 4.65. The van der Waals surface area contributed by atoms with E-state index in [1.807, 2.05) is 29.6 Å². The third-order valence-corrected chi connectivity index (χ3v) is 6.01. The van der Waals surface area contributed by atoms with E-state index < -0.39 is 4.92 Å². The zero-order chi connectivity index (χ0) is 22.8. The molecular weight excluding hydrogens is 508 g/mol. The maximum absolute atomic E-state index is 11.0. The van der Waals surface area contributed by atoms with Crippen LogP contribution in [0, 0.1) is 10.1 Å². The number of thiazole rings is 1. The van der Waals surface area contributed by atoms with E-state index in [9.17, 15) is 10.1 Å². The Hall–Kier alpha value is -4.03. The lowest BCUT2D eigenvalue weighted by Gasteiger charge is -1.99. The van der Waals surface area contributed by atoms with Crippen molar-refractivity contribution in [2.75, 3.05) is 0 Å². The molecule has 0 amide bonds. The highest BCUT2D eigenvalue weighted by molar-refractivity contribution is 9.10. The van der Waals surface area contributed by atoms with Gasteiger partial charge in [-0.15, -0.1) is 11.3 Å². The average Bonchev–Trinajstić information content (AvgIpc) is 3.59. The van der Waals surface area contributed by atoms with Crippen molar-refractivity contribution in [2.24, 2.45) is 4.99 Å². The van der Waals surface area contributed by atoms with E-state index in [-0.39, 0.29) is 5.69 Å². The maximum Gasteiger partial charge on any atom is 0.269 e. The van der Waals surface area contributed by atoms with Crippen LogP contribution in [-0.4, -0.2) is 41.1 Å². The Morgan fingerprint density at radius 3 is 2.58 bits per heavy atom. The van der Waals surface area contributed by atoms with Crippen molar-refractivity contribution in [3.05, 3.63) is 86.6 Å². The van der Waals surface area contributed by atoms with Crippen molar-refractivity contribution in [3.8, 4) is 27.6 Å². The summed E-state index contributed by atoms with van der Waals surface area (Å²) in [7, 11) is 0. The molecule has 0 atom stereocenters. The summed E-state index contributed by atoms with van der Waals surface area (Å²) in [6.45, 7) is 0. The van der Waals surface area contributed by atoms with Gasteiger partial charge in [-0.3, -0.25) is 10.1 Å². The van der Waals surface area contributed by atoms with Crippen molar-refractivity contribution in [3.63, 3.8) is 0 Å². The van der Waals surface area contributed by atoms with Gasteiger partial charge >= 0.3 is 0 Å². The number of nitro benzene ring substituents is 1. The van der Waals surface area contributed by atoms with Crippen LogP contribution in [0.4, 0.5) is 11.6 Å². The third kappa shape index (κ3) is 4.47. The van der Waals surface area contributed by atoms with E-state index in [1.165, 1.54) is 29.8 Å². The zero-order valence-corrected chi connectivity index (χ0v) is 19.1. The molecule has 0 fully saturated rings. The van der Waals surface area contributed by atoms with E-state index in [0.29, 0.717) is 27.9 Å². The molecule has 5 rings (SSSR count). The molecule has 10 nitrogen and oxygen atoms in total. The molecule has 0 aliphatic rings. The minimum atomic E-state index is -0.437. The summed E-state index contributed by atoms with van der Waals surface area (Å²) >= 11 is 4.90. The SMILES string of the molecule is O=[N+]([O-])c1ccc(-c2nn(-c3nc(-c4ccc(Br)cc4)cs3)cc2C=Nc2ncn[nH]2)cc1. The van der Waals surface area contributed by atoms with Crippen molar-refractivity contribution < 1.29 is 4.92 Å². The Morgan fingerprint density at radius 2 is 1.88 bits per heavy atom. The first-order chi connectivity index (χ1) is 16.1. The van der Waals surface area contributed by atoms with Gasteiger partial charge in [-0.25, -0.2) is 19.8 Å². The van der Waals surface area contributed by atoms with Gasteiger partial charge in [0.25, 0.3) is 5.69 Å². The number of aromatic amines is 1. The number of aromatic nitrogens is 6. The predicted octanol–water partition coefficient (Wildman–Crippen LogP) is 5.20. The minimum absolute atomic E-state index is 0.00845. The maximum atomic E-state index is 11.0. The fourth-order valence-corrected chi connectivity index (χ4v) is 4.08. The molecule has 162 valence electrons. The van der Waals surface area contributed by atoms with Crippen molar-refractivity contribution in [2.45, 2.75) is 0 Å².